The normalized spacial score (nSPS) is 14.6. The number of phosphoric acid groups is 1. The molecular formula is C52H84NO10P. The van der Waals surface area contributed by atoms with E-state index in [4.69, 9.17) is 24.8 Å². The predicted molar refractivity (Wildman–Crippen MR) is 263 cm³/mol. The van der Waals surface area contributed by atoms with Crippen LogP contribution in [-0.4, -0.2) is 59.9 Å². The number of allylic oxidation sites excluding steroid dienone is 18. The Balaban J connectivity index is 4.49. The molecule has 0 fully saturated rings. The molecule has 0 spiro atoms. The molecular weight excluding hydrogens is 830 g/mol. The van der Waals surface area contributed by atoms with Crippen LogP contribution in [0.25, 0.3) is 0 Å². The summed E-state index contributed by atoms with van der Waals surface area (Å²) in [6.07, 6.45) is 60.2. The summed E-state index contributed by atoms with van der Waals surface area (Å²) in [5, 5.41) is 8.91. The molecule has 0 bridgehead atoms. The number of rotatable bonds is 43. The maximum Gasteiger partial charge on any atom is 0.472 e. The largest absolute Gasteiger partial charge is 0.480 e. The van der Waals surface area contributed by atoms with Gasteiger partial charge in [-0.25, -0.2) is 4.57 Å². The fourth-order valence-corrected chi connectivity index (χ4v) is 6.57. The first-order valence-corrected chi connectivity index (χ1v) is 25.4. The van der Waals surface area contributed by atoms with Gasteiger partial charge in [0.15, 0.2) is 6.10 Å². The Morgan fingerprint density at radius 3 is 1.36 bits per heavy atom. The third-order valence-electron chi connectivity index (χ3n) is 9.50. The Morgan fingerprint density at radius 1 is 0.500 bits per heavy atom. The summed E-state index contributed by atoms with van der Waals surface area (Å²) in [6.45, 7) is 2.59. The molecule has 0 saturated heterocycles. The number of carbonyl (C=O) groups is 3. The number of nitrogens with two attached hydrogens (primary N) is 1. The fraction of sp³-hybridized carbons (Fsp3) is 0.596. The Morgan fingerprint density at radius 2 is 0.891 bits per heavy atom. The minimum atomic E-state index is -4.75. The maximum atomic E-state index is 12.6. The van der Waals surface area contributed by atoms with Crippen LogP contribution in [0.5, 0.6) is 0 Å². The van der Waals surface area contributed by atoms with Crippen molar-refractivity contribution in [2.45, 2.75) is 180 Å². The molecule has 1 unspecified atom stereocenters. The summed E-state index contributed by atoms with van der Waals surface area (Å²) in [6, 6.07) is -1.54. The van der Waals surface area contributed by atoms with Crippen LogP contribution >= 0.6 is 7.82 Å². The summed E-state index contributed by atoms with van der Waals surface area (Å²) >= 11 is 0. The van der Waals surface area contributed by atoms with E-state index in [9.17, 15) is 23.8 Å². The van der Waals surface area contributed by atoms with Gasteiger partial charge in [-0.15, -0.1) is 0 Å². The van der Waals surface area contributed by atoms with Crippen LogP contribution in [0.4, 0.5) is 0 Å². The molecule has 12 heteroatoms. The predicted octanol–water partition coefficient (Wildman–Crippen LogP) is 13.4. The van der Waals surface area contributed by atoms with E-state index in [1.54, 1.807) is 0 Å². The third kappa shape index (κ3) is 44.7. The third-order valence-corrected chi connectivity index (χ3v) is 10.5. The van der Waals surface area contributed by atoms with Crippen LogP contribution in [-0.2, 0) is 37.5 Å². The molecule has 0 heterocycles. The van der Waals surface area contributed by atoms with Crippen molar-refractivity contribution in [3.63, 3.8) is 0 Å². The number of ether oxygens (including phenoxy) is 2. The molecule has 0 saturated carbocycles. The van der Waals surface area contributed by atoms with Crippen molar-refractivity contribution >= 4 is 25.7 Å². The van der Waals surface area contributed by atoms with E-state index in [0.717, 1.165) is 77.0 Å². The van der Waals surface area contributed by atoms with E-state index in [1.807, 2.05) is 12.2 Å². The highest BCUT2D eigenvalue weighted by molar-refractivity contribution is 7.47. The number of hydrogen-bond donors (Lipinski definition) is 3. The molecule has 11 nitrogen and oxygen atoms in total. The molecule has 3 atom stereocenters. The molecule has 64 heavy (non-hydrogen) atoms. The standard InChI is InChI=1S/C52H84NO10P/c1-3-5-7-9-11-13-15-17-19-21-23-24-26-28-30-32-34-36-38-40-42-44-51(55)63-48(46-61-64(58,59)62-47-49(53)52(56)57)45-60-50(54)43-41-39-37-35-33-31-29-27-25-22-20-18-16-14-12-10-8-6-4-2/h6,8,12,14,18-21,24-27,30-33,36,38,48-49H,3-5,7,9-11,13,15-17,22-23,28-29,34-35,37,39-47,53H2,1-2H3,(H,56,57)(H,58,59)/b8-6+,14-12+,20-18+,21-19+,26-24+,27-25+,32-30+,33-31+,38-36+/t48-,49+/m1/s1. The zero-order valence-corrected chi connectivity index (χ0v) is 40.2. The molecule has 0 aromatic rings. The Kier molecular flexibility index (Phi) is 42.9. The average molecular weight is 914 g/mol. The number of unbranched alkanes of at least 4 members (excludes halogenated alkanes) is 11. The molecule has 0 aromatic carbocycles. The second-order valence-electron chi connectivity index (χ2n) is 15.5. The quantitative estimate of drug-likeness (QED) is 0.0230. The number of carbonyl (C=O) groups excluding carboxylic acids is 2. The van der Waals surface area contributed by atoms with Crippen molar-refractivity contribution in [2.75, 3.05) is 19.8 Å². The zero-order valence-electron chi connectivity index (χ0n) is 39.3. The van der Waals surface area contributed by atoms with Gasteiger partial charge in [0.1, 0.15) is 12.6 Å². The summed E-state index contributed by atoms with van der Waals surface area (Å²) < 4.78 is 32.7. The number of phosphoric ester groups is 1. The van der Waals surface area contributed by atoms with Crippen LogP contribution < -0.4 is 5.73 Å². The molecule has 0 amide bonds. The van der Waals surface area contributed by atoms with Gasteiger partial charge < -0.3 is 25.2 Å². The Hall–Kier alpha value is -3.86. The Labute approximate surface area is 387 Å². The van der Waals surface area contributed by atoms with Gasteiger partial charge >= 0.3 is 25.7 Å². The monoisotopic (exact) mass is 914 g/mol. The summed E-state index contributed by atoms with van der Waals surface area (Å²) in [7, 11) is -4.75. The van der Waals surface area contributed by atoms with Gasteiger partial charge in [-0.2, -0.15) is 0 Å². The topological polar surface area (TPSA) is 172 Å². The van der Waals surface area contributed by atoms with Crippen LogP contribution in [0.1, 0.15) is 168 Å². The van der Waals surface area contributed by atoms with Crippen molar-refractivity contribution in [2.24, 2.45) is 5.73 Å². The van der Waals surface area contributed by atoms with E-state index >= 15 is 0 Å². The van der Waals surface area contributed by atoms with E-state index in [2.05, 4.69) is 116 Å². The zero-order chi connectivity index (χ0) is 47.0. The molecule has 0 aliphatic carbocycles. The SMILES string of the molecule is CC/C=C/C/C=C/C/C=C/C/C=C/C/C=C/CCCCCC(=O)OC[C@H](COP(=O)(O)OC[C@H](N)C(=O)O)OC(=O)CCC/C=C/C/C=C/C/C=C/C/C=C/CCCCCCCCC. The second kappa shape index (κ2) is 45.7. The van der Waals surface area contributed by atoms with Gasteiger partial charge in [0.25, 0.3) is 0 Å². The lowest BCUT2D eigenvalue weighted by Gasteiger charge is -2.20. The summed E-state index contributed by atoms with van der Waals surface area (Å²) in [5.41, 5.74) is 5.34. The minimum Gasteiger partial charge on any atom is -0.480 e. The number of aliphatic carboxylic acids is 1. The van der Waals surface area contributed by atoms with Crippen molar-refractivity contribution in [1.82, 2.24) is 0 Å². The van der Waals surface area contributed by atoms with Crippen LogP contribution in [0.15, 0.2) is 109 Å². The highest BCUT2D eigenvalue weighted by Gasteiger charge is 2.28. The molecule has 4 N–H and O–H groups in total. The van der Waals surface area contributed by atoms with Crippen molar-refractivity contribution in [3.8, 4) is 0 Å². The molecule has 0 radical (unpaired) electrons. The van der Waals surface area contributed by atoms with Gasteiger partial charge in [0.2, 0.25) is 0 Å². The van der Waals surface area contributed by atoms with Crippen LogP contribution in [0, 0.1) is 0 Å². The highest BCUT2D eigenvalue weighted by atomic mass is 31.2. The first kappa shape index (κ1) is 60.1. The second-order valence-corrected chi connectivity index (χ2v) is 17.0. The molecule has 0 aliphatic rings. The van der Waals surface area contributed by atoms with Crippen molar-refractivity contribution in [3.05, 3.63) is 109 Å². The minimum absolute atomic E-state index is 0.0710. The van der Waals surface area contributed by atoms with Crippen LogP contribution in [0.3, 0.4) is 0 Å². The summed E-state index contributed by atoms with van der Waals surface area (Å²) in [5.74, 6) is -2.51. The van der Waals surface area contributed by atoms with Crippen molar-refractivity contribution < 1.29 is 47.5 Å². The highest BCUT2D eigenvalue weighted by Crippen LogP contribution is 2.43. The lowest BCUT2D eigenvalue weighted by atomic mass is 10.1. The van der Waals surface area contributed by atoms with Crippen LogP contribution in [0.2, 0.25) is 0 Å². The number of carboxylic acids is 1. The molecule has 0 aliphatic heterocycles. The lowest BCUT2D eigenvalue weighted by Crippen LogP contribution is -2.34. The van der Waals surface area contributed by atoms with E-state index in [0.29, 0.717) is 19.3 Å². The fourth-order valence-electron chi connectivity index (χ4n) is 5.79. The van der Waals surface area contributed by atoms with Gasteiger partial charge in [-0.1, -0.05) is 168 Å². The van der Waals surface area contributed by atoms with E-state index in [1.165, 1.54) is 44.9 Å². The molecule has 0 rings (SSSR count). The smallest absolute Gasteiger partial charge is 0.472 e. The maximum absolute atomic E-state index is 12.6. The van der Waals surface area contributed by atoms with Gasteiger partial charge in [0.05, 0.1) is 13.2 Å². The van der Waals surface area contributed by atoms with E-state index < -0.39 is 57.7 Å². The molecule has 0 aromatic heterocycles. The number of hydrogen-bond acceptors (Lipinski definition) is 9. The van der Waals surface area contributed by atoms with Crippen molar-refractivity contribution in [1.29, 1.82) is 0 Å². The number of esters is 2. The van der Waals surface area contributed by atoms with Gasteiger partial charge in [-0.05, 0) is 96.3 Å². The first-order valence-electron chi connectivity index (χ1n) is 23.9. The van der Waals surface area contributed by atoms with Gasteiger partial charge in [-0.3, -0.25) is 23.4 Å². The Bertz CT molecular complexity index is 1490. The number of carboxylic acid groups (broad SMARTS) is 1. The summed E-state index contributed by atoms with van der Waals surface area (Å²) in [4.78, 5) is 46.1. The van der Waals surface area contributed by atoms with E-state index in [-0.39, 0.29) is 12.8 Å². The average Bonchev–Trinajstić information content (AvgIpc) is 3.27. The lowest BCUT2D eigenvalue weighted by molar-refractivity contribution is -0.161. The van der Waals surface area contributed by atoms with Gasteiger partial charge in [0, 0.05) is 12.8 Å². The first-order chi connectivity index (χ1) is 31.1. The molecule has 362 valence electrons.